The molecule has 1 aliphatic heterocycles. The van der Waals surface area contributed by atoms with E-state index in [1.165, 1.54) is 6.33 Å². The van der Waals surface area contributed by atoms with Crippen LogP contribution in [0, 0.1) is 0 Å². The number of imidazole rings is 1. The van der Waals surface area contributed by atoms with E-state index in [0.29, 0.717) is 11.4 Å². The topological polar surface area (TPSA) is 104 Å². The van der Waals surface area contributed by atoms with E-state index in [1.807, 2.05) is 0 Å². The predicted molar refractivity (Wildman–Crippen MR) is 51.8 cm³/mol. The minimum atomic E-state index is -1.10. The molecule has 16 heavy (non-hydrogen) atoms. The number of aromatic nitrogens is 2. The second-order valence-corrected chi connectivity index (χ2v) is 3.72. The summed E-state index contributed by atoms with van der Waals surface area (Å²) in [5.41, 5.74) is 1.05. The molecule has 0 aromatic carbocycles. The number of hydrogen-bond donors (Lipinski definition) is 3. The molecule has 0 amide bonds. The summed E-state index contributed by atoms with van der Waals surface area (Å²) in [7, 11) is 1.69. The van der Waals surface area contributed by atoms with E-state index in [2.05, 4.69) is 10.3 Å². The lowest BCUT2D eigenvalue weighted by atomic mass is 9.99. The highest BCUT2D eigenvalue weighted by atomic mass is 16.4. The molecule has 0 saturated heterocycles. The highest BCUT2D eigenvalue weighted by Gasteiger charge is 2.36. The van der Waals surface area contributed by atoms with E-state index >= 15 is 0 Å². The van der Waals surface area contributed by atoms with Crippen LogP contribution in [0.15, 0.2) is 6.33 Å². The van der Waals surface area contributed by atoms with Gasteiger partial charge in [0.2, 0.25) is 0 Å². The van der Waals surface area contributed by atoms with Crippen molar-refractivity contribution in [2.75, 3.05) is 0 Å². The van der Waals surface area contributed by atoms with Crippen LogP contribution in [0.5, 0.6) is 0 Å². The minimum absolute atomic E-state index is 0.204. The third-order valence-electron chi connectivity index (χ3n) is 2.65. The fraction of sp³-hybridized carbons (Fsp3) is 0.444. The summed E-state index contributed by atoms with van der Waals surface area (Å²) in [5.74, 6) is -2.17. The smallest absolute Gasteiger partial charge is 0.326 e. The van der Waals surface area contributed by atoms with Crippen LogP contribution in [-0.4, -0.2) is 37.7 Å². The average Bonchev–Trinajstić information content (AvgIpc) is 2.59. The van der Waals surface area contributed by atoms with Gasteiger partial charge in [-0.1, -0.05) is 0 Å². The molecule has 1 aromatic rings. The summed E-state index contributed by atoms with van der Waals surface area (Å²) in [6, 6.07) is -1.92. The van der Waals surface area contributed by atoms with Crippen molar-refractivity contribution in [3.8, 4) is 0 Å². The van der Waals surface area contributed by atoms with Crippen LogP contribution in [0.25, 0.3) is 0 Å². The van der Waals surface area contributed by atoms with Crippen molar-refractivity contribution in [3.05, 3.63) is 17.7 Å². The van der Waals surface area contributed by atoms with Crippen molar-refractivity contribution in [2.45, 2.75) is 18.5 Å². The Bertz CT molecular complexity index is 454. The molecule has 2 rings (SSSR count). The molecule has 0 fully saturated rings. The second kappa shape index (κ2) is 3.60. The number of aliphatic carboxylic acids is 2. The summed E-state index contributed by atoms with van der Waals surface area (Å²) < 4.78 is 1.60. The number of nitrogens with one attached hydrogen (secondary N) is 1. The average molecular weight is 225 g/mol. The van der Waals surface area contributed by atoms with Gasteiger partial charge in [-0.05, 0) is 0 Å². The molecule has 0 bridgehead atoms. The van der Waals surface area contributed by atoms with Crippen LogP contribution in [-0.2, 0) is 23.1 Å². The molecule has 86 valence electrons. The second-order valence-electron chi connectivity index (χ2n) is 3.72. The Morgan fingerprint density at radius 1 is 1.50 bits per heavy atom. The number of carbonyl (C=O) groups is 2. The lowest BCUT2D eigenvalue weighted by Gasteiger charge is -2.26. The van der Waals surface area contributed by atoms with Crippen molar-refractivity contribution in [1.82, 2.24) is 14.9 Å². The van der Waals surface area contributed by atoms with E-state index in [9.17, 15) is 9.59 Å². The van der Waals surface area contributed by atoms with Gasteiger partial charge in [-0.3, -0.25) is 14.9 Å². The zero-order chi connectivity index (χ0) is 11.9. The van der Waals surface area contributed by atoms with Gasteiger partial charge in [0.1, 0.15) is 12.1 Å². The molecule has 0 radical (unpaired) electrons. The molecule has 2 atom stereocenters. The normalized spacial score (nSPS) is 23.8. The van der Waals surface area contributed by atoms with Gasteiger partial charge in [-0.25, -0.2) is 4.98 Å². The zero-order valence-corrected chi connectivity index (χ0v) is 8.54. The van der Waals surface area contributed by atoms with E-state index in [-0.39, 0.29) is 6.42 Å². The summed E-state index contributed by atoms with van der Waals surface area (Å²) in [6.07, 6.45) is 1.70. The number of hydrogen-bond acceptors (Lipinski definition) is 4. The van der Waals surface area contributed by atoms with Crippen LogP contribution in [0.4, 0.5) is 0 Å². The molecular formula is C9H11N3O4. The van der Waals surface area contributed by atoms with Crippen molar-refractivity contribution < 1.29 is 19.8 Å². The predicted octanol–water partition coefficient (Wildman–Crippen LogP) is -0.855. The fourth-order valence-corrected chi connectivity index (χ4v) is 1.89. The number of rotatable bonds is 2. The van der Waals surface area contributed by atoms with Crippen LogP contribution in [0.3, 0.4) is 0 Å². The Morgan fingerprint density at radius 3 is 2.75 bits per heavy atom. The monoisotopic (exact) mass is 225 g/mol. The summed E-state index contributed by atoms with van der Waals surface area (Å²) in [4.78, 5) is 25.9. The molecule has 3 N–H and O–H groups in total. The van der Waals surface area contributed by atoms with Crippen molar-refractivity contribution in [2.24, 2.45) is 7.05 Å². The molecule has 1 aliphatic rings. The summed E-state index contributed by atoms with van der Waals surface area (Å²) >= 11 is 0. The van der Waals surface area contributed by atoms with Crippen molar-refractivity contribution in [1.29, 1.82) is 0 Å². The van der Waals surface area contributed by atoms with Crippen molar-refractivity contribution >= 4 is 11.9 Å². The summed E-state index contributed by atoms with van der Waals surface area (Å²) in [5, 5.41) is 20.5. The van der Waals surface area contributed by atoms with Gasteiger partial charge in [-0.15, -0.1) is 0 Å². The van der Waals surface area contributed by atoms with Gasteiger partial charge < -0.3 is 14.8 Å². The maximum absolute atomic E-state index is 11.0. The molecule has 2 unspecified atom stereocenters. The first-order valence-corrected chi connectivity index (χ1v) is 4.72. The van der Waals surface area contributed by atoms with E-state index in [1.54, 1.807) is 11.6 Å². The van der Waals surface area contributed by atoms with Crippen LogP contribution in [0.2, 0.25) is 0 Å². The molecule has 7 heteroatoms. The fourth-order valence-electron chi connectivity index (χ4n) is 1.89. The van der Waals surface area contributed by atoms with Gasteiger partial charge >= 0.3 is 11.9 Å². The Labute approximate surface area is 90.7 Å². The first-order valence-electron chi connectivity index (χ1n) is 4.72. The number of carboxylic acid groups (broad SMARTS) is 2. The van der Waals surface area contributed by atoms with Crippen LogP contribution < -0.4 is 5.32 Å². The largest absolute Gasteiger partial charge is 0.480 e. The standard InChI is InChI=1S/C9H11N3O4/c1-12-3-10-4-2-5(8(13)14)11-6(7(4)12)9(15)16/h3,5-6,11H,2H2,1H3,(H,13,14)(H,15,16). The van der Waals surface area contributed by atoms with Gasteiger partial charge in [-0.2, -0.15) is 0 Å². The quantitative estimate of drug-likeness (QED) is 0.605. The SMILES string of the molecule is Cn1cnc2c1C(C(=O)O)NC(C(=O)O)C2. The molecule has 0 saturated carbocycles. The molecule has 7 nitrogen and oxygen atoms in total. The van der Waals surface area contributed by atoms with Gasteiger partial charge in [0.25, 0.3) is 0 Å². The Hall–Kier alpha value is -1.89. The maximum atomic E-state index is 11.0. The lowest BCUT2D eigenvalue weighted by molar-refractivity contribution is -0.143. The highest BCUT2D eigenvalue weighted by molar-refractivity contribution is 5.80. The first kappa shape index (κ1) is 10.6. The number of nitrogens with zero attached hydrogens (tertiary/aromatic N) is 2. The van der Waals surface area contributed by atoms with E-state index in [4.69, 9.17) is 10.2 Å². The molecular weight excluding hydrogens is 214 g/mol. The Morgan fingerprint density at radius 2 is 2.19 bits per heavy atom. The van der Waals surface area contributed by atoms with Gasteiger partial charge in [0, 0.05) is 13.5 Å². The molecule has 2 heterocycles. The van der Waals surface area contributed by atoms with Gasteiger partial charge in [0.05, 0.1) is 17.7 Å². The molecule has 0 aliphatic carbocycles. The first-order chi connectivity index (χ1) is 7.50. The molecule has 1 aromatic heterocycles. The third kappa shape index (κ3) is 1.54. The van der Waals surface area contributed by atoms with Crippen LogP contribution >= 0.6 is 0 Å². The number of carboxylic acids is 2. The highest BCUT2D eigenvalue weighted by Crippen LogP contribution is 2.24. The number of fused-ring (bicyclic) bond motifs is 1. The number of aryl methyl sites for hydroxylation is 1. The van der Waals surface area contributed by atoms with Gasteiger partial charge in [0.15, 0.2) is 0 Å². The lowest BCUT2D eigenvalue weighted by Crippen LogP contribution is -2.47. The van der Waals surface area contributed by atoms with E-state index < -0.39 is 24.0 Å². The van der Waals surface area contributed by atoms with E-state index in [0.717, 1.165) is 0 Å². The Balaban J connectivity index is 2.43. The summed E-state index contributed by atoms with van der Waals surface area (Å²) in [6.45, 7) is 0. The Kier molecular flexibility index (Phi) is 2.39. The van der Waals surface area contributed by atoms with Crippen molar-refractivity contribution in [3.63, 3.8) is 0 Å². The van der Waals surface area contributed by atoms with Crippen LogP contribution in [0.1, 0.15) is 17.4 Å². The third-order valence-corrected chi connectivity index (χ3v) is 2.65. The molecule has 0 spiro atoms. The minimum Gasteiger partial charge on any atom is -0.480 e. The zero-order valence-electron chi connectivity index (χ0n) is 8.54. The maximum Gasteiger partial charge on any atom is 0.326 e.